The zero-order chi connectivity index (χ0) is 24.5. The smallest absolute Gasteiger partial charge is 0.270 e. The molecule has 0 saturated heterocycles. The number of ether oxygens (including phenoxy) is 1. The van der Waals surface area contributed by atoms with E-state index in [1.165, 1.54) is 24.5 Å². The van der Waals surface area contributed by atoms with Crippen molar-refractivity contribution in [2.75, 3.05) is 12.0 Å². The lowest BCUT2D eigenvalue weighted by Gasteiger charge is -2.39. The Morgan fingerprint density at radius 3 is 2.43 bits per heavy atom. The summed E-state index contributed by atoms with van der Waals surface area (Å²) in [7, 11) is 1.59. The molecule has 0 fully saturated rings. The quantitative estimate of drug-likeness (QED) is 0.281. The normalized spacial score (nSPS) is 17.0. The van der Waals surface area contributed by atoms with Gasteiger partial charge in [-0.3, -0.25) is 19.8 Å². The Labute approximate surface area is 205 Å². The number of hydrogen-bond acceptors (Lipinski definition) is 6. The van der Waals surface area contributed by atoms with E-state index < -0.39 is 16.9 Å². The molecule has 9 nitrogen and oxygen atoms in total. The Morgan fingerprint density at radius 2 is 1.74 bits per heavy atom. The minimum Gasteiger partial charge on any atom is -0.497 e. The Hall–Kier alpha value is -4.24. The number of hydrogen-bond donors (Lipinski definition) is 0. The summed E-state index contributed by atoms with van der Waals surface area (Å²) in [5, 5.41) is 16.3. The molecule has 2 atom stereocenters. The van der Waals surface area contributed by atoms with Gasteiger partial charge in [0.15, 0.2) is 0 Å². The summed E-state index contributed by atoms with van der Waals surface area (Å²) >= 11 is 6.10. The zero-order valence-corrected chi connectivity index (χ0v) is 19.4. The molecule has 0 radical (unpaired) electrons. The van der Waals surface area contributed by atoms with Gasteiger partial charge in [-0.1, -0.05) is 41.9 Å². The van der Waals surface area contributed by atoms with Crippen LogP contribution in [0.1, 0.15) is 40.0 Å². The van der Waals surface area contributed by atoms with Crippen LogP contribution in [0.15, 0.2) is 79.1 Å². The van der Waals surface area contributed by atoms with E-state index in [1.807, 2.05) is 48.5 Å². The number of carbonyl (C=O) groups excluding carboxylic acids is 1. The maximum atomic E-state index is 13.8. The molecule has 0 bridgehead atoms. The summed E-state index contributed by atoms with van der Waals surface area (Å²) in [6, 6.07) is 20.1. The maximum absolute atomic E-state index is 13.8. The van der Waals surface area contributed by atoms with Gasteiger partial charge >= 0.3 is 0 Å². The molecule has 2 heterocycles. The lowest BCUT2D eigenvalue weighted by molar-refractivity contribution is -0.384. The Balaban J connectivity index is 1.63. The molecule has 3 aromatic carbocycles. The number of methoxy groups -OCH3 is 1. The van der Waals surface area contributed by atoms with E-state index in [1.54, 1.807) is 22.8 Å². The van der Waals surface area contributed by atoms with Gasteiger partial charge in [0.05, 0.1) is 24.1 Å². The fourth-order valence-corrected chi connectivity index (χ4v) is 4.52. The number of nitro benzene ring substituents is 1. The lowest BCUT2D eigenvalue weighted by atomic mass is 9.91. The predicted molar refractivity (Wildman–Crippen MR) is 130 cm³/mol. The fraction of sp³-hybridized carbons (Fsp3) is 0.160. The van der Waals surface area contributed by atoms with Crippen LogP contribution in [-0.2, 0) is 0 Å². The number of aromatic nitrogens is 3. The van der Waals surface area contributed by atoms with E-state index in [2.05, 4.69) is 10.1 Å². The number of anilines is 1. The first-order valence-corrected chi connectivity index (χ1v) is 11.2. The molecule has 0 aliphatic carbocycles. The van der Waals surface area contributed by atoms with E-state index in [4.69, 9.17) is 16.3 Å². The van der Waals surface area contributed by atoms with Crippen molar-refractivity contribution in [1.82, 2.24) is 14.8 Å². The molecular formula is C25H20ClN5O4. The first-order chi connectivity index (χ1) is 17.0. The van der Waals surface area contributed by atoms with Crippen LogP contribution in [0.5, 0.6) is 5.75 Å². The SMILES string of the molecule is COc1ccc([C@@H]2C[C@H](c3ccc(Cl)cc3)n3ncnc3N2C(=O)c2cccc([N+](=O)[O-])c2)cc1. The minimum absolute atomic E-state index is 0.158. The van der Waals surface area contributed by atoms with E-state index in [0.29, 0.717) is 23.1 Å². The number of non-ortho nitro benzene ring substituents is 1. The van der Waals surface area contributed by atoms with Crippen molar-refractivity contribution in [2.45, 2.75) is 18.5 Å². The van der Waals surface area contributed by atoms with Crippen LogP contribution in [0.3, 0.4) is 0 Å². The van der Waals surface area contributed by atoms with Gasteiger partial charge in [-0.2, -0.15) is 10.1 Å². The summed E-state index contributed by atoms with van der Waals surface area (Å²) in [6.07, 6.45) is 1.91. The summed E-state index contributed by atoms with van der Waals surface area (Å²) in [6.45, 7) is 0. The van der Waals surface area contributed by atoms with Crippen LogP contribution in [0.2, 0.25) is 5.02 Å². The highest BCUT2D eigenvalue weighted by atomic mass is 35.5. The van der Waals surface area contributed by atoms with Gasteiger partial charge in [-0.15, -0.1) is 0 Å². The number of nitrogens with zero attached hydrogens (tertiary/aromatic N) is 5. The van der Waals surface area contributed by atoms with Crippen molar-refractivity contribution in [3.63, 3.8) is 0 Å². The third-order valence-corrected chi connectivity index (χ3v) is 6.35. The minimum atomic E-state index is -0.521. The largest absolute Gasteiger partial charge is 0.497 e. The van der Waals surface area contributed by atoms with Crippen LogP contribution < -0.4 is 9.64 Å². The number of halogens is 1. The molecule has 1 aliphatic rings. The number of benzene rings is 3. The van der Waals surface area contributed by atoms with Crippen molar-refractivity contribution < 1.29 is 14.5 Å². The Bertz CT molecular complexity index is 1390. The fourth-order valence-electron chi connectivity index (χ4n) is 4.39. The van der Waals surface area contributed by atoms with Crippen LogP contribution in [-0.4, -0.2) is 32.7 Å². The molecule has 35 heavy (non-hydrogen) atoms. The zero-order valence-electron chi connectivity index (χ0n) is 18.6. The number of amides is 1. The third kappa shape index (κ3) is 4.22. The van der Waals surface area contributed by atoms with Crippen LogP contribution in [0, 0.1) is 10.1 Å². The van der Waals surface area contributed by atoms with E-state index in [0.717, 1.165) is 11.1 Å². The van der Waals surface area contributed by atoms with Gasteiger partial charge in [0.1, 0.15) is 12.1 Å². The highest BCUT2D eigenvalue weighted by Gasteiger charge is 2.40. The number of fused-ring (bicyclic) bond motifs is 1. The van der Waals surface area contributed by atoms with Gasteiger partial charge in [-0.25, -0.2) is 4.68 Å². The molecule has 1 amide bonds. The molecule has 0 unspecified atom stereocenters. The molecule has 1 aromatic heterocycles. The molecule has 4 aromatic rings. The van der Waals surface area contributed by atoms with Gasteiger partial charge in [0.2, 0.25) is 5.95 Å². The molecule has 1 aliphatic heterocycles. The van der Waals surface area contributed by atoms with E-state index in [-0.39, 0.29) is 17.3 Å². The predicted octanol–water partition coefficient (Wildman–Crippen LogP) is 5.23. The van der Waals surface area contributed by atoms with Gasteiger partial charge in [0.25, 0.3) is 11.6 Å². The van der Waals surface area contributed by atoms with Crippen LogP contribution in [0.25, 0.3) is 0 Å². The van der Waals surface area contributed by atoms with Gasteiger partial charge in [0, 0.05) is 22.7 Å². The monoisotopic (exact) mass is 489 g/mol. The molecule has 176 valence electrons. The van der Waals surface area contributed by atoms with Gasteiger partial charge in [-0.05, 0) is 47.9 Å². The molecule has 0 saturated carbocycles. The molecule has 10 heteroatoms. The first-order valence-electron chi connectivity index (χ1n) is 10.8. The number of carbonyl (C=O) groups is 1. The molecule has 5 rings (SSSR count). The van der Waals surface area contributed by atoms with Gasteiger partial charge < -0.3 is 4.74 Å². The maximum Gasteiger partial charge on any atom is 0.270 e. The molecule has 0 N–H and O–H groups in total. The topological polar surface area (TPSA) is 103 Å². The van der Waals surface area contributed by atoms with Crippen molar-refractivity contribution >= 4 is 29.1 Å². The summed E-state index contributed by atoms with van der Waals surface area (Å²) in [4.78, 5) is 30.6. The average molecular weight is 490 g/mol. The van der Waals surface area contributed by atoms with E-state index >= 15 is 0 Å². The molecule has 0 spiro atoms. The first kappa shape index (κ1) is 22.5. The van der Waals surface area contributed by atoms with Crippen LogP contribution in [0.4, 0.5) is 11.6 Å². The average Bonchev–Trinajstić information content (AvgIpc) is 3.38. The highest BCUT2D eigenvalue weighted by Crippen LogP contribution is 2.43. The second kappa shape index (κ2) is 9.19. The number of nitro groups is 1. The summed E-state index contributed by atoms with van der Waals surface area (Å²) in [5.74, 6) is 0.644. The summed E-state index contributed by atoms with van der Waals surface area (Å²) < 4.78 is 7.00. The van der Waals surface area contributed by atoms with Crippen molar-refractivity contribution in [2.24, 2.45) is 0 Å². The van der Waals surface area contributed by atoms with Crippen LogP contribution >= 0.6 is 11.6 Å². The highest BCUT2D eigenvalue weighted by molar-refractivity contribution is 6.30. The second-order valence-corrected chi connectivity index (χ2v) is 8.52. The second-order valence-electron chi connectivity index (χ2n) is 8.08. The van der Waals surface area contributed by atoms with Crippen molar-refractivity contribution in [3.8, 4) is 5.75 Å². The molecular weight excluding hydrogens is 470 g/mol. The van der Waals surface area contributed by atoms with Crippen molar-refractivity contribution in [1.29, 1.82) is 0 Å². The Kier molecular flexibility index (Phi) is 5.92. The number of rotatable bonds is 5. The Morgan fingerprint density at radius 1 is 1.06 bits per heavy atom. The lowest BCUT2D eigenvalue weighted by Crippen LogP contribution is -2.42. The standard InChI is InChI=1S/C25H20ClN5O4/c1-35-21-11-7-16(8-12-21)22-14-23(17-5-9-19(26)10-6-17)30-25(27-15-28-30)29(22)24(32)18-3-2-4-20(13-18)31(33)34/h2-13,15,22-23H,14H2,1H3/t22-,23+/m0/s1. The third-order valence-electron chi connectivity index (χ3n) is 6.10. The van der Waals surface area contributed by atoms with Crippen molar-refractivity contribution in [3.05, 3.63) is 111 Å². The van der Waals surface area contributed by atoms with E-state index in [9.17, 15) is 14.9 Å². The summed E-state index contributed by atoms with van der Waals surface area (Å²) in [5.41, 5.74) is 1.88.